The predicted octanol–water partition coefficient (Wildman–Crippen LogP) is 3.46. The number of hydrogen-bond donors (Lipinski definition) is 1. The molecule has 1 N–H and O–H groups in total. The minimum absolute atomic E-state index is 0.166. The molecular weight excluding hydrogens is 220 g/mol. The van der Waals surface area contributed by atoms with Crippen LogP contribution in [-0.4, -0.2) is 12.6 Å². The zero-order valence-corrected chi connectivity index (χ0v) is 10.3. The average Bonchev–Trinajstić information content (AvgIpc) is 2.28. The van der Waals surface area contributed by atoms with Gasteiger partial charge in [0.15, 0.2) is 0 Å². The summed E-state index contributed by atoms with van der Waals surface area (Å²) < 4.78 is 26.8. The van der Waals surface area contributed by atoms with E-state index in [9.17, 15) is 8.78 Å². The summed E-state index contributed by atoms with van der Waals surface area (Å²) >= 11 is 0. The van der Waals surface area contributed by atoms with Crippen molar-refractivity contribution >= 4 is 0 Å². The molecule has 0 aromatic heterocycles. The molecule has 0 bridgehead atoms. The second-order valence-corrected chi connectivity index (χ2v) is 4.74. The Bertz CT molecular complexity index is 392. The van der Waals surface area contributed by atoms with E-state index < -0.39 is 0 Å². The van der Waals surface area contributed by atoms with Crippen LogP contribution in [0.15, 0.2) is 18.2 Å². The minimum atomic E-state index is -0.344. The monoisotopic (exact) mass is 239 g/mol. The van der Waals surface area contributed by atoms with E-state index in [-0.39, 0.29) is 17.6 Å². The second-order valence-electron chi connectivity index (χ2n) is 4.74. The van der Waals surface area contributed by atoms with Crippen LogP contribution < -0.4 is 5.32 Å². The standard InChI is InChI=1S/C14H19F2N/c1-3-10-11(8-14(10)17-4-2)12-7-9(15)5-6-13(12)16/h5-7,10-11,14,17H,3-4,8H2,1-2H3. The van der Waals surface area contributed by atoms with Crippen LogP contribution in [-0.2, 0) is 0 Å². The zero-order valence-electron chi connectivity index (χ0n) is 10.3. The molecule has 0 radical (unpaired) electrons. The van der Waals surface area contributed by atoms with E-state index in [1.165, 1.54) is 18.2 Å². The molecule has 1 nitrogen and oxygen atoms in total. The SMILES string of the molecule is CCNC1CC(c2cc(F)ccc2F)C1CC. The molecule has 94 valence electrons. The molecule has 0 amide bonds. The molecule has 0 spiro atoms. The summed E-state index contributed by atoms with van der Waals surface area (Å²) in [5, 5.41) is 3.40. The fraction of sp³-hybridized carbons (Fsp3) is 0.571. The summed E-state index contributed by atoms with van der Waals surface area (Å²) in [5.41, 5.74) is 0.547. The first-order valence-electron chi connectivity index (χ1n) is 6.35. The molecule has 3 atom stereocenters. The van der Waals surface area contributed by atoms with Crippen molar-refractivity contribution in [3.05, 3.63) is 35.4 Å². The molecule has 1 fully saturated rings. The van der Waals surface area contributed by atoms with Gasteiger partial charge in [-0.05, 0) is 48.6 Å². The van der Waals surface area contributed by atoms with Gasteiger partial charge in [-0.1, -0.05) is 20.3 Å². The molecule has 2 rings (SSSR count). The van der Waals surface area contributed by atoms with E-state index in [0.717, 1.165) is 19.4 Å². The van der Waals surface area contributed by atoms with E-state index in [1.807, 2.05) is 0 Å². The van der Waals surface area contributed by atoms with Crippen LogP contribution in [0.5, 0.6) is 0 Å². The Labute approximate surface area is 101 Å². The van der Waals surface area contributed by atoms with Crippen molar-refractivity contribution < 1.29 is 8.78 Å². The number of benzene rings is 1. The van der Waals surface area contributed by atoms with Gasteiger partial charge in [0.25, 0.3) is 0 Å². The van der Waals surface area contributed by atoms with Crippen LogP contribution >= 0.6 is 0 Å². The van der Waals surface area contributed by atoms with Gasteiger partial charge in [0, 0.05) is 6.04 Å². The van der Waals surface area contributed by atoms with Gasteiger partial charge < -0.3 is 5.32 Å². The maximum Gasteiger partial charge on any atom is 0.126 e. The molecule has 1 aliphatic carbocycles. The van der Waals surface area contributed by atoms with E-state index in [4.69, 9.17) is 0 Å². The first kappa shape index (κ1) is 12.5. The highest BCUT2D eigenvalue weighted by atomic mass is 19.1. The fourth-order valence-electron chi connectivity index (χ4n) is 2.93. The van der Waals surface area contributed by atoms with Gasteiger partial charge >= 0.3 is 0 Å². The van der Waals surface area contributed by atoms with Crippen LogP contribution in [0.2, 0.25) is 0 Å². The molecule has 0 aliphatic heterocycles. The molecule has 3 unspecified atom stereocenters. The highest BCUT2D eigenvalue weighted by Crippen LogP contribution is 2.45. The third kappa shape index (κ3) is 2.34. The molecule has 0 heterocycles. The lowest BCUT2D eigenvalue weighted by Crippen LogP contribution is -2.49. The second kappa shape index (κ2) is 5.13. The Kier molecular flexibility index (Phi) is 3.77. The maximum atomic E-state index is 13.7. The summed E-state index contributed by atoms with van der Waals surface area (Å²) in [6, 6.07) is 4.22. The maximum absolute atomic E-state index is 13.7. The summed E-state index contributed by atoms with van der Waals surface area (Å²) in [6.07, 6.45) is 1.91. The Balaban J connectivity index is 2.16. The van der Waals surface area contributed by atoms with Crippen molar-refractivity contribution in [1.29, 1.82) is 0 Å². The quantitative estimate of drug-likeness (QED) is 0.848. The summed E-state index contributed by atoms with van der Waals surface area (Å²) in [4.78, 5) is 0. The van der Waals surface area contributed by atoms with Gasteiger partial charge in [-0.25, -0.2) is 8.78 Å². The lowest BCUT2D eigenvalue weighted by atomic mass is 9.65. The smallest absolute Gasteiger partial charge is 0.126 e. The predicted molar refractivity (Wildman–Crippen MR) is 65.0 cm³/mol. The molecule has 0 saturated heterocycles. The Hall–Kier alpha value is -0.960. The number of halogens is 2. The summed E-state index contributed by atoms with van der Waals surface area (Å²) in [5.74, 6) is -0.0287. The molecule has 1 aromatic carbocycles. The van der Waals surface area contributed by atoms with Crippen molar-refractivity contribution in [2.45, 2.75) is 38.6 Å². The van der Waals surface area contributed by atoms with Gasteiger partial charge in [0.2, 0.25) is 0 Å². The van der Waals surface area contributed by atoms with Crippen molar-refractivity contribution in [2.75, 3.05) is 6.54 Å². The highest BCUT2D eigenvalue weighted by molar-refractivity contribution is 5.27. The summed E-state index contributed by atoms with van der Waals surface area (Å²) in [6.45, 7) is 5.11. The van der Waals surface area contributed by atoms with E-state index in [0.29, 0.717) is 17.5 Å². The topological polar surface area (TPSA) is 12.0 Å². The number of hydrogen-bond acceptors (Lipinski definition) is 1. The molecule has 17 heavy (non-hydrogen) atoms. The van der Waals surface area contributed by atoms with Gasteiger partial charge in [-0.15, -0.1) is 0 Å². The van der Waals surface area contributed by atoms with Crippen molar-refractivity contribution in [3.63, 3.8) is 0 Å². The zero-order chi connectivity index (χ0) is 12.4. The summed E-state index contributed by atoms with van der Waals surface area (Å²) in [7, 11) is 0. The van der Waals surface area contributed by atoms with Crippen LogP contribution in [0.25, 0.3) is 0 Å². The fourth-order valence-corrected chi connectivity index (χ4v) is 2.93. The van der Waals surface area contributed by atoms with Gasteiger partial charge in [-0.3, -0.25) is 0 Å². The lowest BCUT2D eigenvalue weighted by Gasteiger charge is -2.45. The molecule has 1 aromatic rings. The third-order valence-electron chi connectivity index (χ3n) is 3.84. The molecule has 1 saturated carbocycles. The normalized spacial score (nSPS) is 27.9. The average molecular weight is 239 g/mol. The largest absolute Gasteiger partial charge is 0.314 e. The van der Waals surface area contributed by atoms with Crippen LogP contribution in [0.1, 0.15) is 38.2 Å². The molecule has 3 heteroatoms. The van der Waals surface area contributed by atoms with Crippen molar-refractivity contribution in [3.8, 4) is 0 Å². The van der Waals surface area contributed by atoms with Crippen LogP contribution in [0.4, 0.5) is 8.78 Å². The van der Waals surface area contributed by atoms with E-state index >= 15 is 0 Å². The van der Waals surface area contributed by atoms with Crippen molar-refractivity contribution in [1.82, 2.24) is 5.32 Å². The molecule has 1 aliphatic rings. The minimum Gasteiger partial charge on any atom is -0.314 e. The van der Waals surface area contributed by atoms with E-state index in [2.05, 4.69) is 19.2 Å². The van der Waals surface area contributed by atoms with Gasteiger partial charge in [-0.2, -0.15) is 0 Å². The third-order valence-corrected chi connectivity index (χ3v) is 3.84. The first-order valence-corrected chi connectivity index (χ1v) is 6.35. The van der Waals surface area contributed by atoms with Crippen LogP contribution in [0, 0.1) is 17.6 Å². The Morgan fingerprint density at radius 3 is 2.71 bits per heavy atom. The van der Waals surface area contributed by atoms with Gasteiger partial charge in [0.1, 0.15) is 11.6 Å². The molecular formula is C14H19F2N. The lowest BCUT2D eigenvalue weighted by molar-refractivity contribution is 0.159. The van der Waals surface area contributed by atoms with Gasteiger partial charge in [0.05, 0.1) is 0 Å². The van der Waals surface area contributed by atoms with Crippen LogP contribution in [0.3, 0.4) is 0 Å². The Morgan fingerprint density at radius 1 is 1.29 bits per heavy atom. The number of rotatable bonds is 4. The number of nitrogens with one attached hydrogen (secondary N) is 1. The van der Waals surface area contributed by atoms with Crippen molar-refractivity contribution in [2.24, 2.45) is 5.92 Å². The highest BCUT2D eigenvalue weighted by Gasteiger charge is 2.41. The first-order chi connectivity index (χ1) is 8.17. The Morgan fingerprint density at radius 2 is 2.06 bits per heavy atom. The van der Waals surface area contributed by atoms with E-state index in [1.54, 1.807) is 0 Å².